The summed E-state index contributed by atoms with van der Waals surface area (Å²) in [6.07, 6.45) is 5.59. The van der Waals surface area contributed by atoms with E-state index in [1.807, 2.05) is 11.8 Å². The lowest BCUT2D eigenvalue weighted by molar-refractivity contribution is 0.0739. The van der Waals surface area contributed by atoms with Gasteiger partial charge in [-0.2, -0.15) is 16.9 Å². The summed E-state index contributed by atoms with van der Waals surface area (Å²) in [6, 6.07) is 1.80. The largest absolute Gasteiger partial charge is 0.361 e. The number of nitrogens with zero attached hydrogens (tertiary/aromatic N) is 4. The van der Waals surface area contributed by atoms with E-state index in [1.165, 1.54) is 18.4 Å². The fourth-order valence-corrected chi connectivity index (χ4v) is 5.29. The van der Waals surface area contributed by atoms with E-state index in [1.54, 1.807) is 10.7 Å². The van der Waals surface area contributed by atoms with E-state index in [9.17, 15) is 4.79 Å². The number of likely N-dealkylation sites (tertiary alicyclic amines) is 1. The molecule has 2 aromatic rings. The van der Waals surface area contributed by atoms with Crippen molar-refractivity contribution in [1.82, 2.24) is 19.8 Å². The minimum atomic E-state index is 0.0512. The molecule has 6 nitrogen and oxygen atoms in total. The highest BCUT2D eigenvalue weighted by Gasteiger charge is 2.30. The molecule has 1 saturated heterocycles. The molecule has 5 rings (SSSR count). The minimum absolute atomic E-state index is 0.0512. The maximum absolute atomic E-state index is 12.3. The Kier molecular flexibility index (Phi) is 4.36. The van der Waals surface area contributed by atoms with Crippen molar-refractivity contribution in [3.63, 3.8) is 0 Å². The first-order chi connectivity index (χ1) is 12.8. The van der Waals surface area contributed by atoms with E-state index < -0.39 is 0 Å². The van der Waals surface area contributed by atoms with E-state index in [0.29, 0.717) is 5.92 Å². The van der Waals surface area contributed by atoms with Crippen LogP contribution in [-0.4, -0.2) is 38.7 Å². The third-order valence-electron chi connectivity index (χ3n) is 5.77. The Balaban J connectivity index is 1.20. The van der Waals surface area contributed by atoms with Gasteiger partial charge in [0, 0.05) is 55.8 Å². The van der Waals surface area contributed by atoms with Gasteiger partial charge in [0.05, 0.1) is 12.2 Å². The molecule has 26 heavy (non-hydrogen) atoms. The molecule has 7 heteroatoms. The van der Waals surface area contributed by atoms with E-state index in [0.717, 1.165) is 79.7 Å². The minimum Gasteiger partial charge on any atom is -0.361 e. The van der Waals surface area contributed by atoms with Crippen LogP contribution >= 0.6 is 11.8 Å². The average Bonchev–Trinajstić information content (AvgIpc) is 3.03. The number of aryl methyl sites for hydroxylation is 2. The molecule has 0 amide bonds. The molecule has 0 unspecified atom stereocenters. The fraction of sp³-hybridized carbons (Fsp3) is 0.632. The smallest absolute Gasteiger partial charge is 0.267 e. The third kappa shape index (κ3) is 3.11. The molecule has 2 aromatic heterocycles. The average molecular weight is 372 g/mol. The second kappa shape index (κ2) is 6.85. The van der Waals surface area contributed by atoms with E-state index >= 15 is 0 Å². The molecule has 0 bridgehead atoms. The van der Waals surface area contributed by atoms with Gasteiger partial charge in [-0.3, -0.25) is 9.69 Å². The summed E-state index contributed by atoms with van der Waals surface area (Å²) in [5, 5.41) is 8.94. The number of hydrogen-bond acceptors (Lipinski definition) is 6. The van der Waals surface area contributed by atoms with Crippen molar-refractivity contribution in [2.24, 2.45) is 5.92 Å². The van der Waals surface area contributed by atoms with Crippen LogP contribution in [0.1, 0.15) is 41.1 Å². The van der Waals surface area contributed by atoms with Crippen molar-refractivity contribution in [2.75, 3.05) is 18.8 Å². The summed E-state index contributed by atoms with van der Waals surface area (Å²) in [5.41, 5.74) is 4.78. The lowest BCUT2D eigenvalue weighted by Crippen LogP contribution is -2.49. The molecule has 1 fully saturated rings. The topological polar surface area (TPSA) is 64.2 Å². The third-order valence-corrected chi connectivity index (χ3v) is 6.78. The number of aromatic nitrogens is 3. The zero-order valence-electron chi connectivity index (χ0n) is 14.9. The molecular weight excluding hydrogens is 348 g/mol. The van der Waals surface area contributed by atoms with Gasteiger partial charge < -0.3 is 4.52 Å². The van der Waals surface area contributed by atoms with Crippen molar-refractivity contribution in [1.29, 1.82) is 0 Å². The first-order valence-corrected chi connectivity index (χ1v) is 10.8. The van der Waals surface area contributed by atoms with Crippen molar-refractivity contribution in [3.05, 3.63) is 44.7 Å². The van der Waals surface area contributed by atoms with Gasteiger partial charge in [-0.1, -0.05) is 5.16 Å². The molecule has 0 N–H and O–H groups in total. The maximum atomic E-state index is 12.3. The standard InChI is InChI=1S/C19H24N4O2S/c24-19-7-14-12-26-6-5-16(14)20-23(19)10-13-8-22(9-13)11-17-15-3-1-2-4-18(15)25-21-17/h7,13H,1-6,8-12H2. The molecule has 3 aliphatic rings. The molecule has 0 atom stereocenters. The van der Waals surface area contributed by atoms with Crippen LogP contribution in [0.5, 0.6) is 0 Å². The number of rotatable bonds is 4. The molecule has 2 aliphatic heterocycles. The van der Waals surface area contributed by atoms with Gasteiger partial charge in [0.25, 0.3) is 5.56 Å². The van der Waals surface area contributed by atoms with Crippen LogP contribution in [-0.2, 0) is 38.1 Å². The Morgan fingerprint density at radius 3 is 3.04 bits per heavy atom. The van der Waals surface area contributed by atoms with Crippen LogP contribution in [0.3, 0.4) is 0 Å². The molecular formula is C19H24N4O2S. The normalized spacial score (nSPS) is 20.5. The number of fused-ring (bicyclic) bond motifs is 2. The van der Waals surface area contributed by atoms with Gasteiger partial charge in [-0.25, -0.2) is 4.68 Å². The second-order valence-corrected chi connectivity index (χ2v) is 8.84. The number of hydrogen-bond donors (Lipinski definition) is 0. The summed E-state index contributed by atoms with van der Waals surface area (Å²) >= 11 is 1.88. The lowest BCUT2D eigenvalue weighted by Gasteiger charge is -2.39. The van der Waals surface area contributed by atoms with Crippen LogP contribution in [0.4, 0.5) is 0 Å². The molecule has 138 valence electrons. The molecule has 4 heterocycles. The summed E-state index contributed by atoms with van der Waals surface area (Å²) < 4.78 is 7.20. The summed E-state index contributed by atoms with van der Waals surface area (Å²) in [4.78, 5) is 14.7. The van der Waals surface area contributed by atoms with Gasteiger partial charge >= 0.3 is 0 Å². The Bertz CT molecular complexity index is 869. The predicted molar refractivity (Wildman–Crippen MR) is 100 cm³/mol. The molecule has 0 saturated carbocycles. The van der Waals surface area contributed by atoms with Crippen LogP contribution in [0.2, 0.25) is 0 Å². The fourth-order valence-electron chi connectivity index (χ4n) is 4.33. The summed E-state index contributed by atoms with van der Waals surface area (Å²) in [7, 11) is 0. The van der Waals surface area contributed by atoms with Gasteiger partial charge in [-0.05, 0) is 30.6 Å². The quantitative estimate of drug-likeness (QED) is 0.818. The first kappa shape index (κ1) is 16.6. The second-order valence-electron chi connectivity index (χ2n) is 7.74. The van der Waals surface area contributed by atoms with Crippen molar-refractivity contribution < 1.29 is 4.52 Å². The van der Waals surface area contributed by atoms with Gasteiger partial charge in [0.2, 0.25) is 0 Å². The monoisotopic (exact) mass is 372 g/mol. The van der Waals surface area contributed by atoms with Crippen molar-refractivity contribution in [3.8, 4) is 0 Å². The summed E-state index contributed by atoms with van der Waals surface area (Å²) in [6.45, 7) is 3.61. The highest BCUT2D eigenvalue weighted by atomic mass is 32.2. The predicted octanol–water partition coefficient (Wildman–Crippen LogP) is 2.03. The van der Waals surface area contributed by atoms with Crippen molar-refractivity contribution in [2.45, 2.75) is 50.9 Å². The summed E-state index contributed by atoms with van der Waals surface area (Å²) in [5.74, 6) is 3.64. The van der Waals surface area contributed by atoms with Gasteiger partial charge in [0.15, 0.2) is 0 Å². The highest BCUT2D eigenvalue weighted by molar-refractivity contribution is 7.98. The molecule has 0 aromatic carbocycles. The molecule has 1 aliphatic carbocycles. The Labute approximate surface area is 156 Å². The van der Waals surface area contributed by atoms with Crippen LogP contribution < -0.4 is 5.56 Å². The van der Waals surface area contributed by atoms with Crippen molar-refractivity contribution >= 4 is 11.8 Å². The Morgan fingerprint density at radius 1 is 1.23 bits per heavy atom. The first-order valence-electron chi connectivity index (χ1n) is 9.62. The van der Waals surface area contributed by atoms with Gasteiger partial charge in [0.1, 0.15) is 11.5 Å². The maximum Gasteiger partial charge on any atom is 0.267 e. The molecule has 0 spiro atoms. The van der Waals surface area contributed by atoms with Gasteiger partial charge in [-0.15, -0.1) is 0 Å². The van der Waals surface area contributed by atoms with Crippen LogP contribution in [0, 0.1) is 5.92 Å². The molecule has 0 radical (unpaired) electrons. The SMILES string of the molecule is O=c1cc2c(nn1CC1CN(Cc3noc4c3CCCC4)C1)CCSC2. The number of thioether (sulfide) groups is 1. The van der Waals surface area contributed by atoms with Crippen LogP contribution in [0.15, 0.2) is 15.4 Å². The Morgan fingerprint density at radius 2 is 2.12 bits per heavy atom. The Hall–Kier alpha value is -1.60. The van der Waals surface area contributed by atoms with E-state index in [-0.39, 0.29) is 5.56 Å². The van der Waals surface area contributed by atoms with Crippen LogP contribution in [0.25, 0.3) is 0 Å². The zero-order valence-corrected chi connectivity index (χ0v) is 15.8. The van der Waals surface area contributed by atoms with E-state index in [2.05, 4.69) is 15.2 Å². The highest BCUT2D eigenvalue weighted by Crippen LogP contribution is 2.27. The van der Waals surface area contributed by atoms with E-state index in [4.69, 9.17) is 4.52 Å². The zero-order chi connectivity index (χ0) is 17.5. The lowest BCUT2D eigenvalue weighted by atomic mass is 9.95.